The maximum atomic E-state index is 13.2. The van der Waals surface area contributed by atoms with Gasteiger partial charge in [0, 0.05) is 12.4 Å². The molecule has 0 saturated heterocycles. The summed E-state index contributed by atoms with van der Waals surface area (Å²) >= 11 is 0. The molecular weight excluding hydrogens is 495 g/mol. The fraction of sp³-hybridized carbons (Fsp3) is 0.353. The van der Waals surface area contributed by atoms with Crippen LogP contribution in [0.1, 0.15) is 18.1 Å². The molecule has 0 atom stereocenters. The maximum Gasteiger partial charge on any atom is 0.417 e. The number of hydrogen-bond donors (Lipinski definition) is 0. The van der Waals surface area contributed by atoms with Crippen LogP contribution in [0.2, 0.25) is 0 Å². The molecule has 0 aliphatic carbocycles. The van der Waals surface area contributed by atoms with E-state index in [0.29, 0.717) is 6.07 Å². The van der Waals surface area contributed by atoms with E-state index in [-0.39, 0.29) is 23.0 Å². The molecule has 16 heteroatoms. The van der Waals surface area contributed by atoms with E-state index in [1.54, 1.807) is 0 Å². The van der Waals surface area contributed by atoms with Crippen LogP contribution in [0.5, 0.6) is 0 Å². The topological polar surface area (TPSA) is 77.7 Å². The second-order valence-electron chi connectivity index (χ2n) is 6.67. The van der Waals surface area contributed by atoms with Crippen molar-refractivity contribution in [1.82, 2.24) is 19.5 Å². The third-order valence-electron chi connectivity index (χ3n) is 4.36. The average Bonchev–Trinajstić information content (AvgIpc) is 3.02. The van der Waals surface area contributed by atoms with Gasteiger partial charge in [-0.05, 0) is 12.1 Å². The van der Waals surface area contributed by atoms with Crippen molar-refractivity contribution in [2.24, 2.45) is 0 Å². The van der Waals surface area contributed by atoms with E-state index in [1.807, 2.05) is 0 Å². The van der Waals surface area contributed by atoms with Crippen LogP contribution in [-0.4, -0.2) is 39.9 Å². The Morgan fingerprint density at radius 3 is 1.94 bits per heavy atom. The number of hydrogen-bond acceptors (Lipinski definition) is 5. The summed E-state index contributed by atoms with van der Waals surface area (Å²) in [6, 6.07) is 0.573. The molecule has 0 radical (unpaired) electrons. The number of halogens is 9. The third kappa shape index (κ3) is 5.04. The molecule has 180 valence electrons. The Balaban J connectivity index is 2.39. The van der Waals surface area contributed by atoms with Crippen molar-refractivity contribution in [2.45, 2.75) is 36.9 Å². The molecule has 0 N–H and O–H groups in total. The highest BCUT2D eigenvalue weighted by Crippen LogP contribution is 2.37. The zero-order chi connectivity index (χ0) is 25.0. The van der Waals surface area contributed by atoms with Gasteiger partial charge in [-0.25, -0.2) is 18.4 Å². The van der Waals surface area contributed by atoms with Gasteiger partial charge < -0.3 is 0 Å². The van der Waals surface area contributed by atoms with E-state index in [4.69, 9.17) is 0 Å². The molecule has 33 heavy (non-hydrogen) atoms. The molecule has 0 saturated carbocycles. The Kier molecular flexibility index (Phi) is 5.88. The van der Waals surface area contributed by atoms with Crippen molar-refractivity contribution in [3.63, 3.8) is 0 Å². The fourth-order valence-corrected chi connectivity index (χ4v) is 3.89. The number of alkyl halides is 9. The van der Waals surface area contributed by atoms with Gasteiger partial charge in [0.15, 0.2) is 21.3 Å². The van der Waals surface area contributed by atoms with Crippen LogP contribution in [-0.2, 0) is 28.7 Å². The molecule has 3 aromatic heterocycles. The van der Waals surface area contributed by atoms with Gasteiger partial charge in [0.05, 0.1) is 21.8 Å². The highest BCUT2D eigenvalue weighted by atomic mass is 32.2. The summed E-state index contributed by atoms with van der Waals surface area (Å²) in [4.78, 5) is 9.32. The first-order valence-corrected chi connectivity index (χ1v) is 10.4. The van der Waals surface area contributed by atoms with Crippen LogP contribution >= 0.6 is 0 Å². The van der Waals surface area contributed by atoms with Gasteiger partial charge in [0.25, 0.3) is 0 Å². The second kappa shape index (κ2) is 7.85. The predicted octanol–water partition coefficient (Wildman–Crippen LogP) is 4.89. The summed E-state index contributed by atoms with van der Waals surface area (Å²) in [7, 11) is -4.49. The summed E-state index contributed by atoms with van der Waals surface area (Å²) in [5.41, 5.74) is -5.11. The fourth-order valence-electron chi connectivity index (χ4n) is 2.84. The third-order valence-corrected chi connectivity index (χ3v) is 6.10. The Labute approximate surface area is 179 Å². The smallest absolute Gasteiger partial charge is 0.298 e. The molecular formula is C17H11F9N4O2S. The molecule has 0 bridgehead atoms. The first-order chi connectivity index (χ1) is 14.9. The number of pyridine rings is 2. The summed E-state index contributed by atoms with van der Waals surface area (Å²) in [6.45, 7) is -0.791. The minimum Gasteiger partial charge on any atom is -0.298 e. The van der Waals surface area contributed by atoms with Crippen LogP contribution in [0.4, 0.5) is 39.5 Å². The van der Waals surface area contributed by atoms with Gasteiger partial charge in [-0.1, -0.05) is 6.92 Å². The van der Waals surface area contributed by atoms with E-state index < -0.39 is 79.4 Å². The van der Waals surface area contributed by atoms with E-state index in [9.17, 15) is 47.9 Å². The van der Waals surface area contributed by atoms with Crippen molar-refractivity contribution in [2.75, 3.05) is 5.75 Å². The first kappa shape index (κ1) is 24.7. The normalized spacial score (nSPS) is 13.6. The summed E-state index contributed by atoms with van der Waals surface area (Å²) < 4.78 is 143. The van der Waals surface area contributed by atoms with E-state index in [0.717, 1.165) is 6.92 Å². The van der Waals surface area contributed by atoms with Gasteiger partial charge in [-0.15, -0.1) is 0 Å². The minimum atomic E-state index is -5.03. The zero-order valence-corrected chi connectivity index (χ0v) is 17.0. The Hall–Kier alpha value is -2.91. The van der Waals surface area contributed by atoms with E-state index in [1.165, 1.54) is 0 Å². The average molecular weight is 506 g/mol. The molecule has 0 aliphatic heterocycles. The minimum absolute atomic E-state index is 0.188. The molecule has 0 aromatic carbocycles. The van der Waals surface area contributed by atoms with Gasteiger partial charge in [-0.2, -0.15) is 39.5 Å². The molecule has 3 heterocycles. The molecule has 3 rings (SSSR count). The standard InChI is InChI=1S/C17H11F9N4O2S/c1-2-33(31,32)11-4-9(17(24,25)26)5-27-12(11)14-29-10-3-8(16(21,22)23)6-28-13(10)30(14)7-15(18,19)20/h3-6H,2,7H2,1H3. The lowest BCUT2D eigenvalue weighted by Gasteiger charge is -2.15. The van der Waals surface area contributed by atoms with Gasteiger partial charge >= 0.3 is 18.5 Å². The summed E-state index contributed by atoms with van der Waals surface area (Å²) in [6.07, 6.45) is -14.5. The predicted molar refractivity (Wildman–Crippen MR) is 94.5 cm³/mol. The zero-order valence-electron chi connectivity index (χ0n) is 16.1. The van der Waals surface area contributed by atoms with Crippen LogP contribution in [0.15, 0.2) is 29.4 Å². The molecule has 0 unspecified atom stereocenters. The van der Waals surface area contributed by atoms with Crippen LogP contribution < -0.4 is 0 Å². The quantitative estimate of drug-likeness (QED) is 0.472. The number of nitrogens with zero attached hydrogens (tertiary/aromatic N) is 4. The molecule has 0 fully saturated rings. The lowest BCUT2D eigenvalue weighted by atomic mass is 10.2. The van der Waals surface area contributed by atoms with Crippen molar-refractivity contribution in [1.29, 1.82) is 0 Å². The van der Waals surface area contributed by atoms with Crippen molar-refractivity contribution < 1.29 is 47.9 Å². The first-order valence-electron chi connectivity index (χ1n) is 8.74. The Morgan fingerprint density at radius 2 is 1.42 bits per heavy atom. The Morgan fingerprint density at radius 1 is 0.879 bits per heavy atom. The number of imidazole rings is 1. The molecule has 6 nitrogen and oxygen atoms in total. The molecule has 0 aliphatic rings. The Bertz CT molecular complexity index is 1310. The lowest BCUT2D eigenvalue weighted by Crippen LogP contribution is -2.20. The van der Waals surface area contributed by atoms with Gasteiger partial charge in [0.1, 0.15) is 17.8 Å². The van der Waals surface area contributed by atoms with Crippen LogP contribution in [0.3, 0.4) is 0 Å². The maximum absolute atomic E-state index is 13.2. The highest BCUT2D eigenvalue weighted by Gasteiger charge is 2.37. The number of sulfone groups is 1. The summed E-state index contributed by atoms with van der Waals surface area (Å²) in [5.74, 6) is -1.64. The number of aromatic nitrogens is 4. The van der Waals surface area contributed by atoms with Crippen molar-refractivity contribution in [3.8, 4) is 11.5 Å². The monoisotopic (exact) mass is 506 g/mol. The van der Waals surface area contributed by atoms with Crippen molar-refractivity contribution >= 4 is 21.0 Å². The highest BCUT2D eigenvalue weighted by molar-refractivity contribution is 7.91. The van der Waals surface area contributed by atoms with Gasteiger partial charge in [-0.3, -0.25) is 9.55 Å². The van der Waals surface area contributed by atoms with E-state index in [2.05, 4.69) is 15.0 Å². The van der Waals surface area contributed by atoms with E-state index >= 15 is 0 Å². The van der Waals surface area contributed by atoms with Gasteiger partial charge in [0.2, 0.25) is 0 Å². The SMILES string of the molecule is CCS(=O)(=O)c1cc(C(F)(F)F)cnc1-c1nc2cc(C(F)(F)F)cnc2n1CC(F)(F)F. The van der Waals surface area contributed by atoms with Crippen molar-refractivity contribution in [3.05, 3.63) is 35.7 Å². The molecule has 0 amide bonds. The van der Waals surface area contributed by atoms with Crippen LogP contribution in [0, 0.1) is 0 Å². The van der Waals surface area contributed by atoms with Crippen LogP contribution in [0.25, 0.3) is 22.7 Å². The largest absolute Gasteiger partial charge is 0.417 e. The lowest BCUT2D eigenvalue weighted by molar-refractivity contribution is -0.140. The number of fused-ring (bicyclic) bond motifs is 1. The summed E-state index contributed by atoms with van der Waals surface area (Å²) in [5, 5.41) is 0. The molecule has 0 spiro atoms. The second-order valence-corrected chi connectivity index (χ2v) is 8.92. The molecule has 3 aromatic rings. The number of rotatable bonds is 4.